The fraction of sp³-hybridized carbons (Fsp3) is 0.571. The highest BCUT2D eigenvalue weighted by atomic mass is 35.5. The molecule has 1 aromatic heterocycles. The third kappa shape index (κ3) is 4.01. The van der Waals surface area contributed by atoms with Gasteiger partial charge in [-0.2, -0.15) is 4.31 Å². The van der Waals surface area contributed by atoms with Crippen LogP contribution >= 0.6 is 22.9 Å². The zero-order chi connectivity index (χ0) is 21.8. The first-order valence-corrected chi connectivity index (χ1v) is 13.2. The van der Waals surface area contributed by atoms with Gasteiger partial charge in [0, 0.05) is 17.5 Å². The number of sulfonamides is 1. The first-order valence-electron chi connectivity index (χ1n) is 10.6. The predicted molar refractivity (Wildman–Crippen MR) is 120 cm³/mol. The highest BCUT2D eigenvalue weighted by Crippen LogP contribution is 2.61. The van der Waals surface area contributed by atoms with Gasteiger partial charge >= 0.3 is 0 Å². The third-order valence-corrected chi connectivity index (χ3v) is 10.2. The summed E-state index contributed by atoms with van der Waals surface area (Å²) in [4.78, 5) is 12.6. The number of hydrogen-bond acceptors (Lipinski definition) is 6. The molecule has 4 aliphatic rings. The van der Waals surface area contributed by atoms with Crippen molar-refractivity contribution in [1.29, 1.82) is 0 Å². The summed E-state index contributed by atoms with van der Waals surface area (Å²) in [7, 11) is -2.41. The molecule has 1 amide bonds. The summed E-state index contributed by atoms with van der Waals surface area (Å²) >= 11 is 7.28. The van der Waals surface area contributed by atoms with Gasteiger partial charge < -0.3 is 0 Å². The lowest BCUT2D eigenvalue weighted by atomic mass is 9.50. The molecule has 0 spiro atoms. The summed E-state index contributed by atoms with van der Waals surface area (Å²) in [6.45, 7) is -0.308. The quantitative estimate of drug-likeness (QED) is 0.676. The first kappa shape index (κ1) is 21.3. The molecule has 1 aromatic carbocycles. The second kappa shape index (κ2) is 7.79. The molecule has 2 aromatic rings. The molecule has 4 aliphatic carbocycles. The standard InChI is InChI=1S/C21H25ClN4O3S2/c1-26(31(28,29)17-4-2-16(22)3-5-17)12-18(27)23-20-25-24-19(30-20)21-9-13-6-14(10-21)8-15(7-13)11-21/h2-5,13-15H,6-12H2,1H3,(H,23,25,27). The lowest BCUT2D eigenvalue weighted by molar-refractivity contribution is -0.116. The van der Waals surface area contributed by atoms with E-state index < -0.39 is 15.9 Å². The van der Waals surface area contributed by atoms with Gasteiger partial charge in [0.15, 0.2) is 0 Å². The van der Waals surface area contributed by atoms with Gasteiger partial charge in [0.1, 0.15) is 5.01 Å². The zero-order valence-corrected chi connectivity index (χ0v) is 19.6. The Balaban J connectivity index is 1.25. The van der Waals surface area contributed by atoms with Gasteiger partial charge in [0.2, 0.25) is 21.1 Å². The number of benzene rings is 1. The topological polar surface area (TPSA) is 92.3 Å². The largest absolute Gasteiger partial charge is 0.299 e. The Kier molecular flexibility index (Phi) is 5.36. The van der Waals surface area contributed by atoms with E-state index in [4.69, 9.17) is 11.6 Å². The molecule has 4 bridgehead atoms. The van der Waals surface area contributed by atoms with Crippen molar-refractivity contribution in [3.05, 3.63) is 34.3 Å². The van der Waals surface area contributed by atoms with Crippen LogP contribution in [0.4, 0.5) is 5.13 Å². The summed E-state index contributed by atoms with van der Waals surface area (Å²) in [5, 5.41) is 13.3. The number of nitrogens with one attached hydrogen (secondary N) is 1. The number of nitrogens with zero attached hydrogens (tertiary/aromatic N) is 3. The molecule has 0 atom stereocenters. The molecule has 7 nitrogen and oxygen atoms in total. The minimum absolute atomic E-state index is 0.0900. The summed E-state index contributed by atoms with van der Waals surface area (Å²) in [5.74, 6) is 1.98. The van der Waals surface area contributed by atoms with E-state index >= 15 is 0 Å². The van der Waals surface area contributed by atoms with Crippen LogP contribution in [0.3, 0.4) is 0 Å². The van der Waals surface area contributed by atoms with E-state index in [1.807, 2.05) is 0 Å². The Hall–Kier alpha value is -1.55. The van der Waals surface area contributed by atoms with Crippen molar-refractivity contribution in [2.75, 3.05) is 18.9 Å². The number of carbonyl (C=O) groups excluding carboxylic acids is 1. The van der Waals surface area contributed by atoms with E-state index in [1.54, 1.807) is 0 Å². The Bertz CT molecular complexity index is 1060. The van der Waals surface area contributed by atoms with Crippen molar-refractivity contribution < 1.29 is 13.2 Å². The Morgan fingerprint density at radius 3 is 2.29 bits per heavy atom. The van der Waals surface area contributed by atoms with E-state index in [0.717, 1.165) is 27.1 Å². The average Bonchev–Trinajstić information content (AvgIpc) is 3.16. The van der Waals surface area contributed by atoms with E-state index in [-0.39, 0.29) is 16.9 Å². The van der Waals surface area contributed by atoms with E-state index in [1.165, 1.54) is 81.2 Å². The second-order valence-electron chi connectivity index (χ2n) is 9.37. The summed E-state index contributed by atoms with van der Waals surface area (Å²) in [6, 6.07) is 5.87. The van der Waals surface area contributed by atoms with Crippen molar-refractivity contribution in [3.8, 4) is 0 Å². The van der Waals surface area contributed by atoms with E-state index in [0.29, 0.717) is 10.2 Å². The molecule has 1 N–H and O–H groups in total. The van der Waals surface area contributed by atoms with Crippen LogP contribution in [0.2, 0.25) is 5.02 Å². The van der Waals surface area contributed by atoms with Crippen LogP contribution in [0, 0.1) is 17.8 Å². The monoisotopic (exact) mass is 480 g/mol. The van der Waals surface area contributed by atoms with Crippen LogP contribution in [0.25, 0.3) is 0 Å². The van der Waals surface area contributed by atoms with Crippen LogP contribution in [-0.2, 0) is 20.2 Å². The lowest BCUT2D eigenvalue weighted by Gasteiger charge is -2.55. The van der Waals surface area contributed by atoms with Gasteiger partial charge in [0.25, 0.3) is 0 Å². The number of anilines is 1. The zero-order valence-electron chi connectivity index (χ0n) is 17.3. The fourth-order valence-corrected chi connectivity index (χ4v) is 8.32. The first-order chi connectivity index (χ1) is 14.7. The number of hydrogen-bond donors (Lipinski definition) is 1. The average molecular weight is 481 g/mol. The maximum Gasteiger partial charge on any atom is 0.243 e. The summed E-state index contributed by atoms with van der Waals surface area (Å²) in [6.07, 6.45) is 7.62. The molecule has 166 valence electrons. The Labute approximate surface area is 191 Å². The van der Waals surface area contributed by atoms with Crippen LogP contribution in [0.1, 0.15) is 43.5 Å². The molecule has 31 heavy (non-hydrogen) atoms. The van der Waals surface area contributed by atoms with Gasteiger partial charge in [-0.1, -0.05) is 22.9 Å². The number of aromatic nitrogens is 2. The Morgan fingerprint density at radius 1 is 1.13 bits per heavy atom. The normalized spacial score (nSPS) is 29.5. The molecule has 0 aliphatic heterocycles. The molecular formula is C21H25ClN4O3S2. The maximum atomic E-state index is 12.7. The minimum atomic E-state index is -3.79. The molecule has 0 unspecified atom stereocenters. The van der Waals surface area contributed by atoms with Gasteiger partial charge in [-0.05, 0) is 80.5 Å². The van der Waals surface area contributed by atoms with Gasteiger partial charge in [-0.3, -0.25) is 10.1 Å². The smallest absolute Gasteiger partial charge is 0.243 e. The van der Waals surface area contributed by atoms with E-state index in [9.17, 15) is 13.2 Å². The number of amides is 1. The van der Waals surface area contributed by atoms with Gasteiger partial charge in [-0.15, -0.1) is 10.2 Å². The predicted octanol–water partition coefficient (Wildman–Crippen LogP) is 3.92. The molecular weight excluding hydrogens is 456 g/mol. The minimum Gasteiger partial charge on any atom is -0.299 e. The third-order valence-electron chi connectivity index (χ3n) is 7.05. The van der Waals surface area contributed by atoms with Crippen LogP contribution < -0.4 is 5.32 Å². The van der Waals surface area contributed by atoms with Crippen LogP contribution in [0.5, 0.6) is 0 Å². The van der Waals surface area contributed by atoms with E-state index in [2.05, 4.69) is 15.5 Å². The van der Waals surface area contributed by atoms with Crippen molar-refractivity contribution >= 4 is 44.0 Å². The maximum absolute atomic E-state index is 12.7. The molecule has 4 fully saturated rings. The highest BCUT2D eigenvalue weighted by Gasteiger charge is 2.53. The molecule has 6 rings (SSSR count). The number of halogens is 1. The molecule has 1 heterocycles. The number of carbonyl (C=O) groups is 1. The van der Waals surface area contributed by atoms with Crippen LogP contribution in [0.15, 0.2) is 29.2 Å². The van der Waals surface area contributed by atoms with Gasteiger partial charge in [0.05, 0.1) is 11.4 Å². The van der Waals surface area contributed by atoms with Crippen molar-refractivity contribution in [2.45, 2.75) is 48.8 Å². The van der Waals surface area contributed by atoms with Crippen molar-refractivity contribution in [3.63, 3.8) is 0 Å². The Morgan fingerprint density at radius 2 is 1.71 bits per heavy atom. The number of likely N-dealkylation sites (N-methyl/N-ethyl adjacent to an activating group) is 1. The van der Waals surface area contributed by atoms with Crippen molar-refractivity contribution in [1.82, 2.24) is 14.5 Å². The SMILES string of the molecule is CN(CC(=O)Nc1nnc(C23CC4CC(CC(C4)C2)C3)s1)S(=O)(=O)c1ccc(Cl)cc1. The molecule has 4 saturated carbocycles. The summed E-state index contributed by atoms with van der Waals surface area (Å²) in [5.41, 5.74) is 0.129. The van der Waals surface area contributed by atoms with Crippen molar-refractivity contribution in [2.24, 2.45) is 17.8 Å². The van der Waals surface area contributed by atoms with Gasteiger partial charge in [-0.25, -0.2) is 8.42 Å². The van der Waals surface area contributed by atoms with Crippen LogP contribution in [-0.4, -0.2) is 42.4 Å². The number of rotatable bonds is 6. The molecule has 0 saturated heterocycles. The lowest BCUT2D eigenvalue weighted by Crippen LogP contribution is -2.48. The summed E-state index contributed by atoms with van der Waals surface area (Å²) < 4.78 is 26.4. The molecule has 0 radical (unpaired) electrons. The fourth-order valence-electron chi connectivity index (χ4n) is 6.09. The molecule has 10 heteroatoms. The second-order valence-corrected chi connectivity index (χ2v) is 12.8. The highest BCUT2D eigenvalue weighted by molar-refractivity contribution is 7.89.